The summed E-state index contributed by atoms with van der Waals surface area (Å²) in [5.74, 6) is -0.0264. The van der Waals surface area contributed by atoms with Crippen molar-refractivity contribution in [2.45, 2.75) is 12.8 Å². The Bertz CT molecular complexity index is 750. The molecule has 0 aromatic heterocycles. The van der Waals surface area contributed by atoms with Gasteiger partial charge in [0.25, 0.3) is 0 Å². The van der Waals surface area contributed by atoms with Crippen molar-refractivity contribution in [2.24, 2.45) is 0 Å². The molecule has 1 N–H and O–H groups in total. The van der Waals surface area contributed by atoms with Crippen LogP contribution in [0.25, 0.3) is 6.08 Å². The van der Waals surface area contributed by atoms with Gasteiger partial charge in [0.1, 0.15) is 0 Å². The van der Waals surface area contributed by atoms with Crippen LogP contribution >= 0.6 is 0 Å². The molecule has 1 aromatic rings. The SMILES string of the molecule is O=C1C=CC=C2CCC3=Cc4ccccc4N(O)C3=C12. The third-order valence-electron chi connectivity index (χ3n) is 4.02. The zero-order valence-electron chi connectivity index (χ0n) is 10.8. The number of rotatable bonds is 0. The maximum atomic E-state index is 12.2. The van der Waals surface area contributed by atoms with Crippen LogP contribution in [0.2, 0.25) is 0 Å². The van der Waals surface area contributed by atoms with Crippen LogP contribution < -0.4 is 5.06 Å². The van der Waals surface area contributed by atoms with Crippen molar-refractivity contribution in [3.05, 3.63) is 70.5 Å². The third kappa shape index (κ3) is 1.47. The molecule has 3 nitrogen and oxygen atoms in total. The van der Waals surface area contributed by atoms with Crippen LogP contribution in [0.15, 0.2) is 64.9 Å². The highest BCUT2D eigenvalue weighted by atomic mass is 16.5. The molecule has 0 saturated carbocycles. The van der Waals surface area contributed by atoms with E-state index in [1.54, 1.807) is 12.2 Å². The smallest absolute Gasteiger partial charge is 0.188 e. The Labute approximate surface area is 116 Å². The maximum absolute atomic E-state index is 12.2. The highest BCUT2D eigenvalue weighted by molar-refractivity contribution is 6.11. The van der Waals surface area contributed by atoms with Crippen LogP contribution in [0.1, 0.15) is 18.4 Å². The predicted molar refractivity (Wildman–Crippen MR) is 77.2 cm³/mol. The number of hydrogen-bond acceptors (Lipinski definition) is 3. The number of nitrogens with zero attached hydrogens (tertiary/aromatic N) is 1. The summed E-state index contributed by atoms with van der Waals surface area (Å²) in [7, 11) is 0. The molecule has 0 saturated heterocycles. The fourth-order valence-corrected chi connectivity index (χ4v) is 3.10. The molecule has 0 amide bonds. The molecule has 3 aliphatic rings. The van der Waals surface area contributed by atoms with Crippen molar-refractivity contribution in [2.75, 3.05) is 5.06 Å². The first kappa shape index (κ1) is 11.4. The second kappa shape index (κ2) is 4.05. The van der Waals surface area contributed by atoms with Crippen LogP contribution in [-0.4, -0.2) is 11.0 Å². The van der Waals surface area contributed by atoms with Crippen molar-refractivity contribution >= 4 is 17.5 Å². The number of carbonyl (C=O) groups excluding carboxylic acids is 1. The van der Waals surface area contributed by atoms with Crippen LogP contribution in [-0.2, 0) is 4.79 Å². The molecule has 0 bridgehead atoms. The van der Waals surface area contributed by atoms with E-state index < -0.39 is 0 Å². The molecule has 0 spiro atoms. The minimum atomic E-state index is -0.0264. The molecule has 1 aromatic carbocycles. The molecule has 98 valence electrons. The number of carbonyl (C=O) groups is 1. The van der Waals surface area contributed by atoms with Gasteiger partial charge in [0, 0.05) is 5.56 Å². The van der Waals surface area contributed by atoms with Gasteiger partial charge < -0.3 is 0 Å². The maximum Gasteiger partial charge on any atom is 0.188 e. The third-order valence-corrected chi connectivity index (χ3v) is 4.02. The van der Waals surface area contributed by atoms with Crippen molar-refractivity contribution in [3.63, 3.8) is 0 Å². The monoisotopic (exact) mass is 263 g/mol. The average Bonchev–Trinajstić information content (AvgIpc) is 2.47. The van der Waals surface area contributed by atoms with Crippen LogP contribution in [0.3, 0.4) is 0 Å². The van der Waals surface area contributed by atoms with Gasteiger partial charge in [-0.1, -0.05) is 30.4 Å². The number of benzene rings is 1. The summed E-state index contributed by atoms with van der Waals surface area (Å²) in [5.41, 5.74) is 5.05. The molecule has 0 radical (unpaired) electrons. The van der Waals surface area contributed by atoms with Gasteiger partial charge in [-0.15, -0.1) is 0 Å². The number of anilines is 1. The Morgan fingerprint density at radius 1 is 1.10 bits per heavy atom. The van der Waals surface area contributed by atoms with Gasteiger partial charge in [0.15, 0.2) is 5.78 Å². The van der Waals surface area contributed by atoms with Crippen LogP contribution in [0.4, 0.5) is 5.69 Å². The fourth-order valence-electron chi connectivity index (χ4n) is 3.10. The molecule has 2 aliphatic carbocycles. The predicted octanol–water partition coefficient (Wildman–Crippen LogP) is 3.39. The summed E-state index contributed by atoms with van der Waals surface area (Å²) in [4.78, 5) is 12.2. The lowest BCUT2D eigenvalue weighted by molar-refractivity contribution is -0.111. The largest absolute Gasteiger partial charge is 0.289 e. The highest BCUT2D eigenvalue weighted by Crippen LogP contribution is 2.43. The molecule has 20 heavy (non-hydrogen) atoms. The molecule has 0 fully saturated rings. The fraction of sp³-hybridized carbons (Fsp3) is 0.118. The molecule has 3 heteroatoms. The first-order chi connectivity index (χ1) is 9.75. The minimum absolute atomic E-state index is 0.0264. The topological polar surface area (TPSA) is 40.5 Å². The molecule has 1 heterocycles. The van der Waals surface area contributed by atoms with E-state index in [0.717, 1.165) is 35.2 Å². The van der Waals surface area contributed by atoms with Gasteiger partial charge >= 0.3 is 0 Å². The number of ketones is 1. The van der Waals surface area contributed by atoms with Crippen LogP contribution in [0, 0.1) is 0 Å². The first-order valence-corrected chi connectivity index (χ1v) is 6.71. The Balaban J connectivity index is 2.00. The van der Waals surface area contributed by atoms with Crippen molar-refractivity contribution < 1.29 is 10.0 Å². The summed E-state index contributed by atoms with van der Waals surface area (Å²) in [5, 5.41) is 11.7. The molecular weight excluding hydrogens is 250 g/mol. The van der Waals surface area contributed by atoms with E-state index in [1.165, 1.54) is 5.06 Å². The van der Waals surface area contributed by atoms with E-state index in [4.69, 9.17) is 0 Å². The summed E-state index contributed by atoms with van der Waals surface area (Å²) < 4.78 is 0. The van der Waals surface area contributed by atoms with Crippen molar-refractivity contribution in [1.29, 1.82) is 0 Å². The number of hydrogen-bond donors (Lipinski definition) is 1. The lowest BCUT2D eigenvalue weighted by Crippen LogP contribution is -2.29. The lowest BCUT2D eigenvalue weighted by Gasteiger charge is -2.34. The summed E-state index contributed by atoms with van der Waals surface area (Å²) in [6.07, 6.45) is 9.08. The van der Waals surface area contributed by atoms with E-state index in [9.17, 15) is 10.0 Å². The Hall–Kier alpha value is -2.39. The van der Waals surface area contributed by atoms with Gasteiger partial charge in [0.05, 0.1) is 17.0 Å². The number of fused-ring (bicyclic) bond motifs is 3. The standard InChI is InChI=1S/C17H13NO2/c19-15-7-3-5-11-8-9-13-10-12-4-1-2-6-14(12)18(20)17(13)16(11)15/h1-7,10,20H,8-9H2. The Morgan fingerprint density at radius 3 is 2.80 bits per heavy atom. The van der Waals surface area contributed by atoms with E-state index in [2.05, 4.69) is 6.08 Å². The van der Waals surface area contributed by atoms with Gasteiger partial charge in [-0.25, -0.2) is 5.06 Å². The molecule has 0 unspecified atom stereocenters. The Kier molecular flexibility index (Phi) is 2.32. The molecule has 1 aliphatic heterocycles. The molecule has 4 rings (SSSR count). The van der Waals surface area contributed by atoms with Gasteiger partial charge in [0.2, 0.25) is 0 Å². The Morgan fingerprint density at radius 2 is 1.90 bits per heavy atom. The number of para-hydroxylation sites is 1. The van der Waals surface area contributed by atoms with Gasteiger partial charge in [-0.3, -0.25) is 10.0 Å². The minimum Gasteiger partial charge on any atom is -0.289 e. The normalized spacial score (nSPS) is 20.1. The van der Waals surface area contributed by atoms with Crippen LogP contribution in [0.5, 0.6) is 0 Å². The number of allylic oxidation sites excluding steroid dienone is 6. The molecule has 0 atom stereocenters. The first-order valence-electron chi connectivity index (χ1n) is 6.71. The second-order valence-corrected chi connectivity index (χ2v) is 5.18. The molecular formula is C17H13NO2. The summed E-state index contributed by atoms with van der Waals surface area (Å²) in [6, 6.07) is 7.66. The van der Waals surface area contributed by atoms with Crippen molar-refractivity contribution in [3.8, 4) is 0 Å². The van der Waals surface area contributed by atoms with Gasteiger partial charge in [-0.2, -0.15) is 0 Å². The average molecular weight is 263 g/mol. The quantitative estimate of drug-likeness (QED) is 0.780. The summed E-state index contributed by atoms with van der Waals surface area (Å²) >= 11 is 0. The highest BCUT2D eigenvalue weighted by Gasteiger charge is 2.32. The number of hydroxylamine groups is 1. The zero-order chi connectivity index (χ0) is 13.7. The van der Waals surface area contributed by atoms with Crippen molar-refractivity contribution in [1.82, 2.24) is 0 Å². The van der Waals surface area contributed by atoms with E-state index >= 15 is 0 Å². The van der Waals surface area contributed by atoms with E-state index in [0.29, 0.717) is 11.3 Å². The van der Waals surface area contributed by atoms with E-state index in [1.807, 2.05) is 30.3 Å². The van der Waals surface area contributed by atoms with Gasteiger partial charge in [-0.05, 0) is 42.2 Å². The second-order valence-electron chi connectivity index (χ2n) is 5.18. The van der Waals surface area contributed by atoms with E-state index in [-0.39, 0.29) is 5.78 Å². The summed E-state index contributed by atoms with van der Waals surface area (Å²) in [6.45, 7) is 0. The lowest BCUT2D eigenvalue weighted by atomic mass is 9.81. The zero-order valence-corrected chi connectivity index (χ0v) is 10.8.